The molecule has 0 spiro atoms. The van der Waals surface area contributed by atoms with Crippen molar-refractivity contribution < 1.29 is 0 Å². The number of hydrogen-bond donors (Lipinski definition) is 1. The quantitative estimate of drug-likeness (QED) is 0.513. The van der Waals surface area contributed by atoms with Gasteiger partial charge < -0.3 is 4.98 Å². The zero-order valence-electron chi connectivity index (χ0n) is 7.91. The lowest BCUT2D eigenvalue weighted by Gasteiger charge is -1.93. The Labute approximate surface area is 82.4 Å². The number of H-pyrrole nitrogens is 1. The fourth-order valence-corrected chi connectivity index (χ4v) is 1.90. The fourth-order valence-electron chi connectivity index (χ4n) is 1.90. The molecule has 0 atom stereocenters. The predicted molar refractivity (Wildman–Crippen MR) is 61.8 cm³/mol. The number of benzene rings is 1. The van der Waals surface area contributed by atoms with Crippen LogP contribution in [0.15, 0.2) is 36.5 Å². The van der Waals surface area contributed by atoms with Crippen LogP contribution < -0.4 is 5.46 Å². The summed E-state index contributed by atoms with van der Waals surface area (Å²) in [6.45, 7) is 0. The van der Waals surface area contributed by atoms with E-state index in [1.807, 2.05) is 12.3 Å². The number of aromatic amines is 1. The van der Waals surface area contributed by atoms with E-state index in [9.17, 15) is 0 Å². The minimum atomic E-state index is 0.969. The van der Waals surface area contributed by atoms with Crippen molar-refractivity contribution in [2.24, 2.45) is 0 Å². The molecule has 0 aliphatic heterocycles. The average Bonchev–Trinajstić information content (AvgIpc) is 2.59. The van der Waals surface area contributed by atoms with Crippen molar-refractivity contribution in [1.29, 1.82) is 0 Å². The van der Waals surface area contributed by atoms with Crippen LogP contribution >= 0.6 is 0 Å². The van der Waals surface area contributed by atoms with E-state index >= 15 is 0 Å². The van der Waals surface area contributed by atoms with Crippen molar-refractivity contribution in [2.45, 2.75) is 0 Å². The molecule has 66 valence electrons. The molecule has 0 saturated heterocycles. The van der Waals surface area contributed by atoms with Gasteiger partial charge in [0.15, 0.2) is 0 Å². The summed E-state index contributed by atoms with van der Waals surface area (Å²) in [7, 11) is 2.11. The third kappa shape index (κ3) is 0.895. The maximum absolute atomic E-state index is 4.30. The van der Waals surface area contributed by atoms with Crippen LogP contribution in [0.2, 0.25) is 0 Å². The molecule has 2 nitrogen and oxygen atoms in total. The predicted octanol–water partition coefficient (Wildman–Crippen LogP) is 0.974. The van der Waals surface area contributed by atoms with Crippen LogP contribution in [-0.4, -0.2) is 17.8 Å². The zero-order valence-corrected chi connectivity index (χ0v) is 7.91. The molecule has 14 heavy (non-hydrogen) atoms. The van der Waals surface area contributed by atoms with Crippen LogP contribution in [0.1, 0.15) is 0 Å². The molecule has 3 heteroatoms. The first-order valence-corrected chi connectivity index (χ1v) is 4.68. The number of para-hydroxylation sites is 1. The smallest absolute Gasteiger partial charge is 0.142 e. The number of hydrogen-bond acceptors (Lipinski definition) is 1. The maximum atomic E-state index is 4.30. The summed E-state index contributed by atoms with van der Waals surface area (Å²) in [5, 5.41) is 2.46. The largest absolute Gasteiger partial charge is 0.340 e. The van der Waals surface area contributed by atoms with Gasteiger partial charge in [0.1, 0.15) is 13.5 Å². The van der Waals surface area contributed by atoms with Gasteiger partial charge in [-0.15, -0.1) is 0 Å². The average molecular weight is 180 g/mol. The van der Waals surface area contributed by atoms with Gasteiger partial charge in [-0.1, -0.05) is 23.7 Å². The van der Waals surface area contributed by atoms with Gasteiger partial charge in [-0.2, -0.15) is 0 Å². The van der Waals surface area contributed by atoms with Crippen molar-refractivity contribution in [3.05, 3.63) is 36.5 Å². The van der Waals surface area contributed by atoms with E-state index < -0.39 is 0 Å². The number of aromatic nitrogens is 2. The van der Waals surface area contributed by atoms with E-state index in [-0.39, 0.29) is 0 Å². The minimum Gasteiger partial charge on any atom is -0.340 e. The Balaban J connectivity index is 2.63. The molecule has 1 N–H and O–H groups in total. The fraction of sp³-hybridized carbons (Fsp3) is 0. The summed E-state index contributed by atoms with van der Waals surface area (Å²) in [6, 6.07) is 10.4. The van der Waals surface area contributed by atoms with Crippen molar-refractivity contribution >= 4 is 35.2 Å². The Morgan fingerprint density at radius 1 is 1.07 bits per heavy atom. The molecule has 3 rings (SSSR count). The van der Waals surface area contributed by atoms with Crippen molar-refractivity contribution in [3.63, 3.8) is 0 Å². The lowest BCUT2D eigenvalue weighted by molar-refractivity contribution is 1.35. The highest BCUT2D eigenvalue weighted by atomic mass is 14.8. The Hall–Kier alpha value is -1.77. The highest BCUT2D eigenvalue weighted by molar-refractivity contribution is 6.39. The van der Waals surface area contributed by atoms with E-state index in [1.54, 1.807) is 0 Å². The monoisotopic (exact) mass is 180 g/mol. The van der Waals surface area contributed by atoms with E-state index in [0.717, 1.165) is 5.65 Å². The standard InChI is InChI=1S/C11H9BN2/c12-9-5-1-3-7-8-4-2-6-13-11(8)14-10(7)9/h1-6H,12H2,(H,13,14). The first-order chi connectivity index (χ1) is 6.86. The summed E-state index contributed by atoms with van der Waals surface area (Å²) in [5.74, 6) is 0. The van der Waals surface area contributed by atoms with Gasteiger partial charge in [0.05, 0.1) is 0 Å². The van der Waals surface area contributed by atoms with E-state index in [2.05, 4.69) is 42.1 Å². The molecule has 0 aliphatic carbocycles. The van der Waals surface area contributed by atoms with Gasteiger partial charge in [-0.3, -0.25) is 0 Å². The minimum absolute atomic E-state index is 0.969. The van der Waals surface area contributed by atoms with Crippen LogP contribution in [0.3, 0.4) is 0 Å². The van der Waals surface area contributed by atoms with E-state index in [1.165, 1.54) is 21.8 Å². The van der Waals surface area contributed by atoms with Crippen LogP contribution in [0.5, 0.6) is 0 Å². The van der Waals surface area contributed by atoms with Crippen LogP contribution in [-0.2, 0) is 0 Å². The number of pyridine rings is 1. The molecule has 0 aliphatic rings. The molecule has 3 aromatic rings. The lowest BCUT2D eigenvalue weighted by Crippen LogP contribution is -2.01. The van der Waals surface area contributed by atoms with Crippen LogP contribution in [0.25, 0.3) is 21.9 Å². The van der Waals surface area contributed by atoms with Gasteiger partial charge in [0, 0.05) is 22.5 Å². The van der Waals surface area contributed by atoms with Crippen LogP contribution in [0, 0.1) is 0 Å². The molecule has 2 heterocycles. The highest BCUT2D eigenvalue weighted by Crippen LogP contribution is 2.21. The molecular formula is C11H9BN2. The Bertz CT molecular complexity index is 613. The molecule has 0 saturated carbocycles. The molecule has 2 aromatic heterocycles. The Morgan fingerprint density at radius 2 is 1.93 bits per heavy atom. The van der Waals surface area contributed by atoms with Gasteiger partial charge in [-0.05, 0) is 12.1 Å². The first kappa shape index (κ1) is 7.62. The lowest BCUT2D eigenvalue weighted by atomic mass is 9.94. The van der Waals surface area contributed by atoms with Gasteiger partial charge >= 0.3 is 0 Å². The summed E-state index contributed by atoms with van der Waals surface area (Å²) in [4.78, 5) is 7.64. The SMILES string of the molecule is Bc1cccc2c1[nH]c1ncccc12. The topological polar surface area (TPSA) is 28.7 Å². The Morgan fingerprint density at radius 3 is 2.86 bits per heavy atom. The van der Waals surface area contributed by atoms with Gasteiger partial charge in [0.25, 0.3) is 0 Å². The van der Waals surface area contributed by atoms with Crippen molar-refractivity contribution in [1.82, 2.24) is 9.97 Å². The molecule has 0 radical (unpaired) electrons. The molecule has 0 unspecified atom stereocenters. The van der Waals surface area contributed by atoms with Crippen molar-refractivity contribution in [3.8, 4) is 0 Å². The number of nitrogens with zero attached hydrogens (tertiary/aromatic N) is 1. The summed E-state index contributed by atoms with van der Waals surface area (Å²) in [5.41, 5.74) is 3.43. The van der Waals surface area contributed by atoms with Gasteiger partial charge in [-0.25, -0.2) is 4.98 Å². The second kappa shape index (κ2) is 2.61. The first-order valence-electron chi connectivity index (χ1n) is 4.68. The van der Waals surface area contributed by atoms with E-state index in [4.69, 9.17) is 0 Å². The molecule has 0 fully saturated rings. The second-order valence-electron chi connectivity index (χ2n) is 3.52. The van der Waals surface area contributed by atoms with E-state index in [0.29, 0.717) is 0 Å². The third-order valence-electron chi connectivity index (χ3n) is 2.61. The summed E-state index contributed by atoms with van der Waals surface area (Å²) < 4.78 is 0. The number of fused-ring (bicyclic) bond motifs is 3. The third-order valence-corrected chi connectivity index (χ3v) is 2.61. The molecular weight excluding hydrogens is 171 g/mol. The molecule has 1 aromatic carbocycles. The second-order valence-corrected chi connectivity index (χ2v) is 3.52. The van der Waals surface area contributed by atoms with Gasteiger partial charge in [0.2, 0.25) is 0 Å². The normalized spacial score (nSPS) is 11.1. The zero-order chi connectivity index (χ0) is 9.54. The van der Waals surface area contributed by atoms with Crippen molar-refractivity contribution in [2.75, 3.05) is 0 Å². The molecule has 0 amide bonds. The summed E-state index contributed by atoms with van der Waals surface area (Å²) >= 11 is 0. The molecule has 0 bridgehead atoms. The number of rotatable bonds is 0. The summed E-state index contributed by atoms with van der Waals surface area (Å²) in [6.07, 6.45) is 1.81. The highest BCUT2D eigenvalue weighted by Gasteiger charge is 2.04. The van der Waals surface area contributed by atoms with Crippen LogP contribution in [0.4, 0.5) is 0 Å². The maximum Gasteiger partial charge on any atom is 0.142 e. The number of nitrogens with one attached hydrogen (secondary N) is 1. The Kier molecular flexibility index (Phi) is 1.42.